The number of hydrazone groups is 1. The van der Waals surface area contributed by atoms with Gasteiger partial charge in [-0.25, -0.2) is 5.43 Å². The fourth-order valence-electron chi connectivity index (χ4n) is 2.25. The summed E-state index contributed by atoms with van der Waals surface area (Å²) < 4.78 is 5.39. The molecule has 0 unspecified atom stereocenters. The molecule has 0 atom stereocenters. The molecule has 148 valence electrons. The molecule has 0 fully saturated rings. The maximum atomic E-state index is 11.8. The van der Waals surface area contributed by atoms with Crippen LogP contribution >= 0.6 is 11.6 Å². The van der Waals surface area contributed by atoms with Gasteiger partial charge < -0.3 is 9.84 Å². The molecule has 0 heterocycles. The van der Waals surface area contributed by atoms with Gasteiger partial charge >= 0.3 is 5.69 Å². The molecule has 2 rings (SSSR count). The van der Waals surface area contributed by atoms with E-state index in [1.807, 2.05) is 12.1 Å². The van der Waals surface area contributed by atoms with Crippen LogP contribution in [0.3, 0.4) is 0 Å². The molecular weight excluding hydrogens is 386 g/mol. The fraction of sp³-hybridized carbons (Fsp3) is 0.263. The molecular formula is C19H20ClN3O5. The second-order valence-corrected chi connectivity index (χ2v) is 7.41. The number of carbonyl (C=O) groups is 1. The van der Waals surface area contributed by atoms with Crippen LogP contribution < -0.4 is 10.2 Å². The van der Waals surface area contributed by atoms with Crippen molar-refractivity contribution in [2.45, 2.75) is 26.2 Å². The Balaban J connectivity index is 1.93. The first-order chi connectivity index (χ1) is 13.1. The van der Waals surface area contributed by atoms with Crippen molar-refractivity contribution in [2.24, 2.45) is 5.10 Å². The summed E-state index contributed by atoms with van der Waals surface area (Å²) in [7, 11) is 0. The average Bonchev–Trinajstić information content (AvgIpc) is 2.62. The molecule has 2 N–H and O–H groups in total. The lowest BCUT2D eigenvalue weighted by atomic mass is 9.87. The molecule has 8 nitrogen and oxygen atoms in total. The van der Waals surface area contributed by atoms with Crippen molar-refractivity contribution in [3.8, 4) is 11.5 Å². The molecule has 0 saturated heterocycles. The number of carbonyl (C=O) groups excluding carboxylic acids is 1. The number of aromatic hydroxyl groups is 1. The second kappa shape index (κ2) is 8.71. The number of halogens is 1. The first-order valence-electron chi connectivity index (χ1n) is 8.30. The zero-order valence-electron chi connectivity index (χ0n) is 15.6. The third-order valence-corrected chi connectivity index (χ3v) is 3.98. The number of nitrogens with zero attached hydrogens (tertiary/aromatic N) is 2. The first-order valence-corrected chi connectivity index (χ1v) is 8.68. The Kier molecular flexibility index (Phi) is 6.58. The van der Waals surface area contributed by atoms with Crippen molar-refractivity contribution in [1.29, 1.82) is 0 Å². The van der Waals surface area contributed by atoms with E-state index in [2.05, 4.69) is 31.3 Å². The molecule has 2 aromatic rings. The van der Waals surface area contributed by atoms with E-state index in [9.17, 15) is 20.0 Å². The maximum absolute atomic E-state index is 11.8. The Morgan fingerprint density at radius 3 is 2.54 bits per heavy atom. The fourth-order valence-corrected chi connectivity index (χ4v) is 2.47. The number of ether oxygens (including phenoxy) is 1. The number of amides is 1. The van der Waals surface area contributed by atoms with Crippen molar-refractivity contribution in [3.05, 3.63) is 62.7 Å². The minimum atomic E-state index is -0.768. The van der Waals surface area contributed by atoms with Crippen molar-refractivity contribution < 1.29 is 19.6 Å². The van der Waals surface area contributed by atoms with Crippen LogP contribution in [0.5, 0.6) is 11.5 Å². The summed E-state index contributed by atoms with van der Waals surface area (Å²) in [5.41, 5.74) is 2.82. The number of phenols is 1. The summed E-state index contributed by atoms with van der Waals surface area (Å²) in [6.45, 7) is 6.02. The molecule has 9 heteroatoms. The van der Waals surface area contributed by atoms with E-state index in [1.54, 1.807) is 12.1 Å². The van der Waals surface area contributed by atoms with Crippen LogP contribution in [-0.2, 0) is 10.2 Å². The molecule has 2 aromatic carbocycles. The van der Waals surface area contributed by atoms with Gasteiger partial charge in [0.05, 0.1) is 11.1 Å². The lowest BCUT2D eigenvalue weighted by Crippen LogP contribution is -2.24. The SMILES string of the molecule is CC(C)(C)c1ccc(OCC(=O)NN=Cc2cc(Cl)cc([N+](=O)[O-])c2O)cc1. The van der Waals surface area contributed by atoms with Crippen LogP contribution in [-0.4, -0.2) is 28.8 Å². The van der Waals surface area contributed by atoms with Gasteiger partial charge in [0.1, 0.15) is 5.75 Å². The van der Waals surface area contributed by atoms with Crippen LogP contribution in [0.1, 0.15) is 31.9 Å². The van der Waals surface area contributed by atoms with Crippen LogP contribution in [0.25, 0.3) is 0 Å². The summed E-state index contributed by atoms with van der Waals surface area (Å²) >= 11 is 5.78. The monoisotopic (exact) mass is 405 g/mol. The Labute approximate surface area is 166 Å². The largest absolute Gasteiger partial charge is 0.502 e. The lowest BCUT2D eigenvalue weighted by molar-refractivity contribution is -0.385. The second-order valence-electron chi connectivity index (χ2n) is 6.98. The lowest BCUT2D eigenvalue weighted by Gasteiger charge is -2.19. The molecule has 0 bridgehead atoms. The minimum Gasteiger partial charge on any atom is -0.502 e. The van der Waals surface area contributed by atoms with Crippen LogP contribution in [0.15, 0.2) is 41.5 Å². The van der Waals surface area contributed by atoms with Gasteiger partial charge in [-0.2, -0.15) is 5.10 Å². The number of nitrogens with one attached hydrogen (secondary N) is 1. The molecule has 0 aliphatic rings. The Bertz CT molecular complexity index is 905. The molecule has 0 spiro atoms. The third-order valence-electron chi connectivity index (χ3n) is 3.76. The maximum Gasteiger partial charge on any atom is 0.312 e. The first kappa shape index (κ1) is 21.2. The van der Waals surface area contributed by atoms with E-state index in [4.69, 9.17) is 16.3 Å². The third kappa shape index (κ3) is 5.68. The van der Waals surface area contributed by atoms with Crippen molar-refractivity contribution in [2.75, 3.05) is 6.61 Å². The Hall–Kier alpha value is -3.13. The van der Waals surface area contributed by atoms with Crippen molar-refractivity contribution >= 4 is 29.4 Å². The summed E-state index contributed by atoms with van der Waals surface area (Å²) in [6, 6.07) is 9.72. The predicted molar refractivity (Wildman–Crippen MR) is 106 cm³/mol. The number of rotatable bonds is 6. The smallest absolute Gasteiger partial charge is 0.312 e. The van der Waals surface area contributed by atoms with E-state index in [-0.39, 0.29) is 22.6 Å². The number of phenolic OH excluding ortho intramolecular Hbond substituents is 1. The van der Waals surface area contributed by atoms with Gasteiger partial charge in [0.15, 0.2) is 6.61 Å². The van der Waals surface area contributed by atoms with Crippen LogP contribution in [0, 0.1) is 10.1 Å². The zero-order valence-corrected chi connectivity index (χ0v) is 16.4. The summed E-state index contributed by atoms with van der Waals surface area (Å²) in [5.74, 6) is -0.593. The van der Waals surface area contributed by atoms with Gasteiger partial charge in [0.2, 0.25) is 5.75 Å². The normalized spacial score (nSPS) is 11.4. The van der Waals surface area contributed by atoms with E-state index in [0.717, 1.165) is 17.8 Å². The molecule has 0 aliphatic heterocycles. The average molecular weight is 406 g/mol. The summed E-state index contributed by atoms with van der Waals surface area (Å²) in [4.78, 5) is 21.9. The molecule has 0 aliphatic carbocycles. The number of nitro groups is 1. The van der Waals surface area contributed by atoms with E-state index in [1.165, 1.54) is 6.07 Å². The highest BCUT2D eigenvalue weighted by Crippen LogP contribution is 2.32. The van der Waals surface area contributed by atoms with Gasteiger partial charge in [0.25, 0.3) is 5.91 Å². The quantitative estimate of drug-likeness (QED) is 0.431. The molecule has 0 saturated carbocycles. The number of hydrogen-bond acceptors (Lipinski definition) is 6. The van der Waals surface area contributed by atoms with Crippen LogP contribution in [0.4, 0.5) is 5.69 Å². The predicted octanol–water partition coefficient (Wildman–Crippen LogP) is 3.78. The highest BCUT2D eigenvalue weighted by atomic mass is 35.5. The standard InChI is InChI=1S/C19H20ClN3O5/c1-19(2,3)13-4-6-15(7-5-13)28-11-17(24)22-21-10-12-8-14(20)9-16(18(12)25)23(26)27/h4-10,25H,11H2,1-3H3,(H,22,24). The zero-order chi connectivity index (χ0) is 20.9. The highest BCUT2D eigenvalue weighted by molar-refractivity contribution is 6.31. The van der Waals surface area contributed by atoms with Gasteiger partial charge in [-0.3, -0.25) is 14.9 Å². The number of hydrogen-bond donors (Lipinski definition) is 2. The van der Waals surface area contributed by atoms with Gasteiger partial charge in [-0.15, -0.1) is 0 Å². The van der Waals surface area contributed by atoms with Crippen molar-refractivity contribution in [3.63, 3.8) is 0 Å². The summed E-state index contributed by atoms with van der Waals surface area (Å²) in [6.07, 6.45) is 1.06. The van der Waals surface area contributed by atoms with E-state index < -0.39 is 22.3 Å². The molecule has 28 heavy (non-hydrogen) atoms. The topological polar surface area (TPSA) is 114 Å². The van der Waals surface area contributed by atoms with Gasteiger partial charge in [0, 0.05) is 16.7 Å². The van der Waals surface area contributed by atoms with E-state index >= 15 is 0 Å². The number of benzene rings is 2. The van der Waals surface area contributed by atoms with E-state index in [0.29, 0.717) is 5.75 Å². The van der Waals surface area contributed by atoms with Gasteiger partial charge in [-0.05, 0) is 29.2 Å². The molecule has 0 radical (unpaired) electrons. The molecule has 1 amide bonds. The molecule has 0 aromatic heterocycles. The van der Waals surface area contributed by atoms with Gasteiger partial charge in [-0.1, -0.05) is 44.5 Å². The highest BCUT2D eigenvalue weighted by Gasteiger charge is 2.18. The minimum absolute atomic E-state index is 0.00168. The van der Waals surface area contributed by atoms with Crippen molar-refractivity contribution in [1.82, 2.24) is 5.43 Å². The Morgan fingerprint density at radius 1 is 1.32 bits per heavy atom. The summed E-state index contributed by atoms with van der Waals surface area (Å²) in [5, 5.41) is 24.4. The Morgan fingerprint density at radius 2 is 1.96 bits per heavy atom. The van der Waals surface area contributed by atoms with Crippen LogP contribution in [0.2, 0.25) is 5.02 Å². The number of nitro benzene ring substituents is 1.